The van der Waals surface area contributed by atoms with Crippen LogP contribution in [0.4, 0.5) is 4.39 Å². The molecule has 0 amide bonds. The first-order chi connectivity index (χ1) is 4.50. The molecule has 0 aliphatic carbocycles. The summed E-state index contributed by atoms with van der Waals surface area (Å²) < 4.78 is 14.1. The highest BCUT2D eigenvalue weighted by Crippen LogP contribution is 2.33. The molecule has 3 heteroatoms. The van der Waals surface area contributed by atoms with Crippen molar-refractivity contribution in [3.8, 4) is 0 Å². The van der Waals surface area contributed by atoms with Gasteiger partial charge in [0.05, 0.1) is 3.79 Å². The van der Waals surface area contributed by atoms with Crippen LogP contribution in [0.3, 0.4) is 0 Å². The lowest BCUT2D eigenvalue weighted by Crippen LogP contribution is -2.05. The molecule has 1 aromatic heterocycles. The summed E-state index contributed by atoms with van der Waals surface area (Å²) in [6.45, 7) is 3.12. The molecule has 0 atom stereocenters. The lowest BCUT2D eigenvalue weighted by Gasteiger charge is -2.09. The molecule has 1 aromatic rings. The maximum absolute atomic E-state index is 13.1. The number of rotatable bonds is 1. The van der Waals surface area contributed by atoms with Gasteiger partial charge in [0.15, 0.2) is 0 Å². The first-order valence-corrected chi connectivity index (χ1v) is 4.56. The highest BCUT2D eigenvalue weighted by molar-refractivity contribution is 9.11. The Hall–Kier alpha value is 0.110. The standard InChI is InChI=1S/C7H8BrFS/c1-7(2,9)5-3-4-6(8)10-5/h3-4H,1-2H3. The van der Waals surface area contributed by atoms with Gasteiger partial charge in [0.25, 0.3) is 0 Å². The molecule has 56 valence electrons. The van der Waals surface area contributed by atoms with Crippen LogP contribution in [-0.4, -0.2) is 0 Å². The molecule has 0 fully saturated rings. The van der Waals surface area contributed by atoms with Gasteiger partial charge >= 0.3 is 0 Å². The lowest BCUT2D eigenvalue weighted by molar-refractivity contribution is 0.227. The molecule has 0 saturated carbocycles. The molecule has 0 nitrogen and oxygen atoms in total. The van der Waals surface area contributed by atoms with E-state index in [1.54, 1.807) is 19.9 Å². The van der Waals surface area contributed by atoms with Crippen LogP contribution in [0, 0.1) is 0 Å². The summed E-state index contributed by atoms with van der Waals surface area (Å²) >= 11 is 4.71. The fourth-order valence-corrected chi connectivity index (χ4v) is 2.01. The van der Waals surface area contributed by atoms with E-state index < -0.39 is 5.67 Å². The Morgan fingerprint density at radius 3 is 2.30 bits per heavy atom. The van der Waals surface area contributed by atoms with E-state index >= 15 is 0 Å². The largest absolute Gasteiger partial charge is 0.238 e. The van der Waals surface area contributed by atoms with Crippen molar-refractivity contribution in [2.24, 2.45) is 0 Å². The summed E-state index contributed by atoms with van der Waals surface area (Å²) in [5, 5.41) is 0. The zero-order valence-corrected chi connectivity index (χ0v) is 8.22. The zero-order chi connectivity index (χ0) is 7.78. The van der Waals surface area contributed by atoms with E-state index in [4.69, 9.17) is 0 Å². The van der Waals surface area contributed by atoms with Gasteiger partial charge in [0, 0.05) is 4.88 Å². The van der Waals surface area contributed by atoms with Gasteiger partial charge in [-0.3, -0.25) is 0 Å². The highest BCUT2D eigenvalue weighted by atomic mass is 79.9. The molecule has 1 rings (SSSR count). The summed E-state index contributed by atoms with van der Waals surface area (Å²) in [4.78, 5) is 0.763. The Morgan fingerprint density at radius 1 is 1.50 bits per heavy atom. The number of halogens is 2. The summed E-state index contributed by atoms with van der Waals surface area (Å²) in [6, 6.07) is 3.66. The van der Waals surface area contributed by atoms with Crippen LogP contribution in [0.15, 0.2) is 15.9 Å². The number of hydrogen-bond donors (Lipinski definition) is 0. The van der Waals surface area contributed by atoms with Crippen molar-refractivity contribution in [2.45, 2.75) is 19.5 Å². The minimum Gasteiger partial charge on any atom is -0.238 e. The Balaban J connectivity index is 2.96. The molecule has 0 spiro atoms. The third kappa shape index (κ3) is 1.80. The van der Waals surface area contributed by atoms with Crippen molar-refractivity contribution in [3.05, 3.63) is 20.8 Å². The fraction of sp³-hybridized carbons (Fsp3) is 0.429. The normalized spacial score (nSPS) is 12.0. The van der Waals surface area contributed by atoms with Crippen molar-refractivity contribution in [2.75, 3.05) is 0 Å². The van der Waals surface area contributed by atoms with E-state index in [1.165, 1.54) is 11.3 Å². The van der Waals surface area contributed by atoms with Gasteiger partial charge in [0.1, 0.15) is 5.67 Å². The summed E-state index contributed by atoms with van der Waals surface area (Å²) in [5.74, 6) is 0. The predicted octanol–water partition coefficient (Wildman–Crippen LogP) is 3.72. The van der Waals surface area contributed by atoms with Crippen molar-refractivity contribution in [1.29, 1.82) is 0 Å². The Labute approximate surface area is 72.2 Å². The van der Waals surface area contributed by atoms with E-state index in [-0.39, 0.29) is 0 Å². The van der Waals surface area contributed by atoms with Crippen LogP contribution in [0.5, 0.6) is 0 Å². The van der Waals surface area contributed by atoms with Crippen LogP contribution in [0.1, 0.15) is 18.7 Å². The van der Waals surface area contributed by atoms with Crippen LogP contribution in [0.2, 0.25) is 0 Å². The maximum Gasteiger partial charge on any atom is 0.139 e. The molecule has 0 N–H and O–H groups in total. The van der Waals surface area contributed by atoms with Crippen LogP contribution in [-0.2, 0) is 5.67 Å². The van der Waals surface area contributed by atoms with Gasteiger partial charge in [0.2, 0.25) is 0 Å². The highest BCUT2D eigenvalue weighted by Gasteiger charge is 2.20. The third-order valence-corrected chi connectivity index (χ3v) is 3.08. The minimum atomic E-state index is -1.20. The predicted molar refractivity (Wildman–Crippen MR) is 46.2 cm³/mol. The quantitative estimate of drug-likeness (QED) is 0.680. The Bertz CT molecular complexity index is 224. The van der Waals surface area contributed by atoms with Gasteiger partial charge in [-0.15, -0.1) is 11.3 Å². The van der Waals surface area contributed by atoms with Crippen LogP contribution < -0.4 is 0 Å². The van der Waals surface area contributed by atoms with E-state index in [0.29, 0.717) is 0 Å². The first-order valence-electron chi connectivity index (χ1n) is 2.95. The molecule has 0 bridgehead atoms. The lowest BCUT2D eigenvalue weighted by atomic mass is 10.1. The number of hydrogen-bond acceptors (Lipinski definition) is 1. The molecule has 0 aliphatic heterocycles. The van der Waals surface area contributed by atoms with Gasteiger partial charge in [-0.05, 0) is 41.9 Å². The second kappa shape index (κ2) is 2.62. The average molecular weight is 223 g/mol. The summed E-state index contributed by atoms with van der Waals surface area (Å²) in [6.07, 6.45) is 0. The Morgan fingerprint density at radius 2 is 2.10 bits per heavy atom. The maximum atomic E-state index is 13.1. The van der Waals surface area contributed by atoms with E-state index in [0.717, 1.165) is 8.66 Å². The second-order valence-electron chi connectivity index (χ2n) is 2.58. The van der Waals surface area contributed by atoms with Crippen LogP contribution >= 0.6 is 27.3 Å². The fourth-order valence-electron chi connectivity index (χ4n) is 0.634. The molecule has 0 saturated heterocycles. The summed E-state index contributed by atoms with van der Waals surface area (Å²) in [7, 11) is 0. The molecule has 0 radical (unpaired) electrons. The molecule has 10 heavy (non-hydrogen) atoms. The molecule has 0 aromatic carbocycles. The third-order valence-electron chi connectivity index (χ3n) is 1.16. The Kier molecular flexibility index (Phi) is 2.15. The molecule has 0 unspecified atom stereocenters. The van der Waals surface area contributed by atoms with Crippen molar-refractivity contribution in [1.82, 2.24) is 0 Å². The first kappa shape index (κ1) is 8.21. The van der Waals surface area contributed by atoms with Gasteiger partial charge in [-0.25, -0.2) is 4.39 Å². The molecular weight excluding hydrogens is 215 g/mol. The molecular formula is C7H8BrFS. The van der Waals surface area contributed by atoms with Crippen LogP contribution in [0.25, 0.3) is 0 Å². The minimum absolute atomic E-state index is 0.763. The topological polar surface area (TPSA) is 0 Å². The molecule has 1 heterocycles. The van der Waals surface area contributed by atoms with Crippen molar-refractivity contribution in [3.63, 3.8) is 0 Å². The zero-order valence-electron chi connectivity index (χ0n) is 5.82. The summed E-state index contributed by atoms with van der Waals surface area (Å²) in [5.41, 5.74) is -1.20. The van der Waals surface area contributed by atoms with Crippen molar-refractivity contribution >= 4 is 27.3 Å². The molecule has 0 aliphatic rings. The van der Waals surface area contributed by atoms with Crippen molar-refractivity contribution < 1.29 is 4.39 Å². The van der Waals surface area contributed by atoms with Gasteiger partial charge in [-0.2, -0.15) is 0 Å². The van der Waals surface area contributed by atoms with Gasteiger partial charge < -0.3 is 0 Å². The number of alkyl halides is 1. The van der Waals surface area contributed by atoms with E-state index in [9.17, 15) is 4.39 Å². The SMILES string of the molecule is CC(C)(F)c1ccc(Br)s1. The van der Waals surface area contributed by atoms with E-state index in [2.05, 4.69) is 15.9 Å². The van der Waals surface area contributed by atoms with E-state index in [1.807, 2.05) is 6.07 Å². The smallest absolute Gasteiger partial charge is 0.139 e. The number of thiophene rings is 1. The monoisotopic (exact) mass is 222 g/mol. The average Bonchev–Trinajstić information content (AvgIpc) is 2.11. The van der Waals surface area contributed by atoms with Gasteiger partial charge in [-0.1, -0.05) is 0 Å². The second-order valence-corrected chi connectivity index (χ2v) is 5.04.